The first-order chi connectivity index (χ1) is 15.7. The maximum Gasteiger partial charge on any atom is 0.267 e. The summed E-state index contributed by atoms with van der Waals surface area (Å²) in [6.45, 7) is 1.88. The van der Waals surface area contributed by atoms with E-state index in [4.69, 9.17) is 0 Å². The minimum atomic E-state index is -2.68. The monoisotopic (exact) mass is 568 g/mol. The van der Waals surface area contributed by atoms with Crippen molar-refractivity contribution in [2.24, 2.45) is 5.41 Å². The lowest BCUT2D eigenvalue weighted by molar-refractivity contribution is -0.0453. The van der Waals surface area contributed by atoms with Gasteiger partial charge in [-0.05, 0) is 90.8 Å². The molecule has 2 saturated carbocycles. The number of anilines is 2. The van der Waals surface area contributed by atoms with E-state index in [0.717, 1.165) is 35.2 Å². The van der Waals surface area contributed by atoms with E-state index in [1.165, 1.54) is 29.7 Å². The van der Waals surface area contributed by atoms with E-state index in [9.17, 15) is 18.4 Å². The Bertz CT molecular complexity index is 1110. The molecule has 5 rings (SSSR count). The first kappa shape index (κ1) is 22.7. The number of carbonyl (C=O) groups excluding carboxylic acids is 1. The van der Waals surface area contributed by atoms with Crippen LogP contribution in [0.2, 0.25) is 0 Å². The highest BCUT2D eigenvalue weighted by atomic mass is 127. The zero-order valence-corrected chi connectivity index (χ0v) is 20.5. The number of aromatic nitrogens is 2. The molecule has 6 nitrogen and oxygen atoms in total. The van der Waals surface area contributed by atoms with Crippen molar-refractivity contribution in [3.05, 3.63) is 49.8 Å². The molecule has 1 amide bonds. The van der Waals surface area contributed by atoms with Crippen LogP contribution in [0.4, 0.5) is 20.3 Å². The van der Waals surface area contributed by atoms with E-state index in [0.29, 0.717) is 11.0 Å². The molecule has 9 heteroatoms. The zero-order chi connectivity index (χ0) is 23.2. The van der Waals surface area contributed by atoms with E-state index < -0.39 is 5.92 Å². The average Bonchev–Trinajstić information content (AvgIpc) is 3.54. The molecule has 33 heavy (non-hydrogen) atoms. The van der Waals surface area contributed by atoms with Gasteiger partial charge in [-0.3, -0.25) is 9.59 Å². The van der Waals surface area contributed by atoms with Crippen molar-refractivity contribution >= 4 is 40.0 Å². The number of hydrogen-bond donors (Lipinski definition) is 1. The molecule has 0 bridgehead atoms. The Balaban J connectivity index is 1.34. The van der Waals surface area contributed by atoms with Crippen LogP contribution in [0.1, 0.15) is 67.8 Å². The van der Waals surface area contributed by atoms with Gasteiger partial charge in [0.25, 0.3) is 11.5 Å². The summed E-state index contributed by atoms with van der Waals surface area (Å²) in [7, 11) is 0. The molecule has 1 saturated heterocycles. The number of nitrogens with one attached hydrogen (secondary N) is 1. The second-order valence-corrected chi connectivity index (χ2v) is 10.9. The van der Waals surface area contributed by atoms with Gasteiger partial charge in [0.1, 0.15) is 0 Å². The normalized spacial score (nSPS) is 21.7. The number of carbonyl (C=O) groups is 1. The fraction of sp³-hybridized carbons (Fsp3) is 0.542. The molecule has 1 aromatic heterocycles. The summed E-state index contributed by atoms with van der Waals surface area (Å²) in [5.74, 6) is -2.72. The Morgan fingerprint density at radius 2 is 1.73 bits per heavy atom. The van der Waals surface area contributed by atoms with Crippen LogP contribution in [-0.4, -0.2) is 34.7 Å². The molecule has 3 fully saturated rings. The first-order valence-corrected chi connectivity index (χ1v) is 12.7. The van der Waals surface area contributed by atoms with Gasteiger partial charge < -0.3 is 10.2 Å². The van der Waals surface area contributed by atoms with Gasteiger partial charge in [0, 0.05) is 35.6 Å². The van der Waals surface area contributed by atoms with Crippen LogP contribution < -0.4 is 15.8 Å². The number of alkyl halides is 2. The number of amides is 1. The largest absolute Gasteiger partial charge is 0.371 e. The van der Waals surface area contributed by atoms with Crippen LogP contribution in [0.5, 0.6) is 0 Å². The Morgan fingerprint density at radius 3 is 2.39 bits per heavy atom. The number of benzene rings is 1. The summed E-state index contributed by atoms with van der Waals surface area (Å²) in [6, 6.07) is 8.19. The number of rotatable bonds is 4. The molecule has 2 aliphatic carbocycles. The third kappa shape index (κ3) is 4.93. The zero-order valence-electron chi connectivity index (χ0n) is 18.3. The maximum absolute atomic E-state index is 13.5. The fourth-order valence-electron chi connectivity index (χ4n) is 5.06. The minimum absolute atomic E-state index is 0.190. The Kier molecular flexibility index (Phi) is 5.95. The predicted molar refractivity (Wildman–Crippen MR) is 131 cm³/mol. The predicted octanol–water partition coefficient (Wildman–Crippen LogP) is 5.23. The highest BCUT2D eigenvalue weighted by Crippen LogP contribution is 2.54. The molecule has 3 aliphatic rings. The third-order valence-electron chi connectivity index (χ3n) is 7.43. The smallest absolute Gasteiger partial charge is 0.267 e. The number of nitrogens with zero attached hydrogens (tertiary/aromatic N) is 3. The molecular formula is C24H27F2IN4O2. The second kappa shape index (κ2) is 8.63. The van der Waals surface area contributed by atoms with E-state index in [1.807, 2.05) is 18.2 Å². The number of piperidine rings is 1. The summed E-state index contributed by atoms with van der Waals surface area (Å²) in [5, 5.41) is 7.13. The summed E-state index contributed by atoms with van der Waals surface area (Å²) < 4.78 is 29.4. The van der Waals surface area contributed by atoms with Gasteiger partial charge in [0.2, 0.25) is 5.92 Å². The molecule has 176 valence electrons. The summed E-state index contributed by atoms with van der Waals surface area (Å²) in [6.07, 6.45) is 4.82. The highest BCUT2D eigenvalue weighted by molar-refractivity contribution is 14.1. The minimum Gasteiger partial charge on any atom is -0.371 e. The van der Waals surface area contributed by atoms with Crippen molar-refractivity contribution in [1.29, 1.82) is 0 Å². The lowest BCUT2D eigenvalue weighted by Gasteiger charge is -2.35. The van der Waals surface area contributed by atoms with E-state index in [-0.39, 0.29) is 49.0 Å². The van der Waals surface area contributed by atoms with Crippen molar-refractivity contribution in [2.45, 2.75) is 63.3 Å². The molecule has 2 heterocycles. The molecule has 0 atom stereocenters. The SMILES string of the molecule is O=C(Nc1ccc(=O)n(C2CCC(F)(F)CC2)n1)c1ccc(I)cc1N1CCC2(CC1)CC2. The van der Waals surface area contributed by atoms with E-state index in [2.05, 4.69) is 37.9 Å². The maximum atomic E-state index is 13.5. The van der Waals surface area contributed by atoms with Crippen LogP contribution in [0.25, 0.3) is 0 Å². The first-order valence-electron chi connectivity index (χ1n) is 11.6. The van der Waals surface area contributed by atoms with Crippen molar-refractivity contribution in [1.82, 2.24) is 9.78 Å². The van der Waals surface area contributed by atoms with Crippen LogP contribution >= 0.6 is 22.6 Å². The van der Waals surface area contributed by atoms with Crippen LogP contribution in [-0.2, 0) is 0 Å². The van der Waals surface area contributed by atoms with Gasteiger partial charge >= 0.3 is 0 Å². The van der Waals surface area contributed by atoms with E-state index >= 15 is 0 Å². The van der Waals surface area contributed by atoms with Crippen molar-refractivity contribution in [3.63, 3.8) is 0 Å². The Labute approximate surface area is 204 Å². The summed E-state index contributed by atoms with van der Waals surface area (Å²) >= 11 is 2.26. The average molecular weight is 568 g/mol. The molecule has 1 aliphatic heterocycles. The quantitative estimate of drug-likeness (QED) is 0.514. The summed E-state index contributed by atoms with van der Waals surface area (Å²) in [4.78, 5) is 27.8. The Hall–Kier alpha value is -2.04. The molecule has 1 spiro atoms. The second-order valence-electron chi connectivity index (χ2n) is 9.69. The van der Waals surface area contributed by atoms with Gasteiger partial charge in [0.05, 0.1) is 17.3 Å². The molecule has 0 radical (unpaired) electrons. The molecule has 1 N–H and O–H groups in total. The molecular weight excluding hydrogens is 541 g/mol. The van der Waals surface area contributed by atoms with Gasteiger partial charge in [-0.15, -0.1) is 0 Å². The van der Waals surface area contributed by atoms with Gasteiger partial charge in [-0.25, -0.2) is 13.5 Å². The van der Waals surface area contributed by atoms with Crippen molar-refractivity contribution < 1.29 is 13.6 Å². The van der Waals surface area contributed by atoms with Crippen LogP contribution in [0.3, 0.4) is 0 Å². The Morgan fingerprint density at radius 1 is 1.03 bits per heavy atom. The van der Waals surface area contributed by atoms with Crippen LogP contribution in [0.15, 0.2) is 35.1 Å². The summed E-state index contributed by atoms with van der Waals surface area (Å²) in [5.41, 5.74) is 1.68. The fourth-order valence-corrected chi connectivity index (χ4v) is 5.54. The lowest BCUT2D eigenvalue weighted by atomic mass is 9.92. The van der Waals surface area contributed by atoms with Crippen molar-refractivity contribution in [3.8, 4) is 0 Å². The third-order valence-corrected chi connectivity index (χ3v) is 8.10. The highest BCUT2D eigenvalue weighted by Gasteiger charge is 2.44. The van der Waals surface area contributed by atoms with Gasteiger partial charge in [0.15, 0.2) is 5.82 Å². The number of halogens is 3. The van der Waals surface area contributed by atoms with E-state index in [1.54, 1.807) is 0 Å². The van der Waals surface area contributed by atoms with Crippen molar-refractivity contribution in [2.75, 3.05) is 23.3 Å². The number of hydrogen-bond acceptors (Lipinski definition) is 4. The van der Waals surface area contributed by atoms with Crippen LogP contribution in [0, 0.1) is 8.99 Å². The molecule has 1 aromatic carbocycles. The van der Waals surface area contributed by atoms with Gasteiger partial charge in [-0.1, -0.05) is 0 Å². The van der Waals surface area contributed by atoms with Gasteiger partial charge in [-0.2, -0.15) is 5.10 Å². The standard InChI is InChI=1S/C24H27F2IN4O2/c25-24(26)7-5-17(6-8-24)31-21(32)4-3-20(29-31)28-22(33)18-2-1-16(27)15-19(18)30-13-11-23(9-10-23)12-14-30/h1-4,15,17H,5-14H2,(H,28,29,33). The topological polar surface area (TPSA) is 67.2 Å². The molecule has 0 unspecified atom stereocenters. The lowest BCUT2D eigenvalue weighted by Crippen LogP contribution is -2.36. The molecule has 2 aromatic rings.